The van der Waals surface area contributed by atoms with Crippen molar-refractivity contribution in [2.24, 2.45) is 11.7 Å². The fourth-order valence-electron chi connectivity index (χ4n) is 4.27. The minimum Gasteiger partial charge on any atom is -0.390 e. The number of benzene rings is 1. The van der Waals surface area contributed by atoms with E-state index in [2.05, 4.69) is 9.97 Å². The zero-order valence-electron chi connectivity index (χ0n) is 15.4. The van der Waals surface area contributed by atoms with Crippen LogP contribution in [-0.4, -0.2) is 42.1 Å². The summed E-state index contributed by atoms with van der Waals surface area (Å²) in [6, 6.07) is 6.63. The van der Waals surface area contributed by atoms with E-state index in [1.807, 2.05) is 23.8 Å². The van der Waals surface area contributed by atoms with E-state index in [1.54, 1.807) is 18.2 Å². The van der Waals surface area contributed by atoms with Gasteiger partial charge in [-0.3, -0.25) is 0 Å². The van der Waals surface area contributed by atoms with E-state index in [-0.39, 0.29) is 6.54 Å². The number of aromatic nitrogens is 3. The van der Waals surface area contributed by atoms with Crippen LogP contribution in [0.3, 0.4) is 0 Å². The summed E-state index contributed by atoms with van der Waals surface area (Å²) in [5.41, 5.74) is 8.70. The third kappa shape index (κ3) is 3.09. The summed E-state index contributed by atoms with van der Waals surface area (Å²) in [6.07, 6.45) is 0.641. The predicted octanol–water partition coefficient (Wildman–Crippen LogP) is 1.87. The van der Waals surface area contributed by atoms with Crippen LogP contribution in [-0.2, 0) is 6.54 Å². The SMILES string of the molecule is Cc1ncnc2c1ccn2C1C[C@H](C(O)c2ccc(Cl)cc2CN)[C@@H](O)[C@H]1O. The summed E-state index contributed by atoms with van der Waals surface area (Å²) >= 11 is 6.03. The molecule has 0 spiro atoms. The lowest BCUT2D eigenvalue weighted by Gasteiger charge is -2.24. The number of fused-ring (bicyclic) bond motifs is 1. The zero-order valence-corrected chi connectivity index (χ0v) is 16.2. The van der Waals surface area contributed by atoms with Gasteiger partial charge in [0.05, 0.1) is 23.9 Å². The molecule has 0 radical (unpaired) electrons. The van der Waals surface area contributed by atoms with Crippen LogP contribution in [0.25, 0.3) is 11.0 Å². The Morgan fingerprint density at radius 2 is 2.04 bits per heavy atom. The highest BCUT2D eigenvalue weighted by Gasteiger charge is 2.46. The van der Waals surface area contributed by atoms with Gasteiger partial charge in [-0.1, -0.05) is 17.7 Å². The third-order valence-corrected chi connectivity index (χ3v) is 6.05. The molecule has 5 atom stereocenters. The molecular formula is C20H23ClN4O3. The number of aliphatic hydroxyl groups excluding tert-OH is 3. The van der Waals surface area contributed by atoms with Gasteiger partial charge in [-0.15, -0.1) is 0 Å². The maximum Gasteiger partial charge on any atom is 0.143 e. The largest absolute Gasteiger partial charge is 0.390 e. The molecule has 2 heterocycles. The van der Waals surface area contributed by atoms with Gasteiger partial charge in [-0.2, -0.15) is 0 Å². The van der Waals surface area contributed by atoms with Crippen molar-refractivity contribution in [3.05, 3.63) is 58.6 Å². The summed E-state index contributed by atoms with van der Waals surface area (Å²) in [4.78, 5) is 8.53. The molecule has 148 valence electrons. The Kier molecular flexibility index (Phi) is 5.11. The molecule has 8 heteroatoms. The number of nitrogens with two attached hydrogens (primary N) is 1. The molecule has 0 saturated heterocycles. The fourth-order valence-corrected chi connectivity index (χ4v) is 4.46. The molecule has 5 N–H and O–H groups in total. The van der Waals surface area contributed by atoms with Crippen molar-refractivity contribution >= 4 is 22.6 Å². The topological polar surface area (TPSA) is 117 Å². The number of aliphatic hydroxyl groups is 3. The van der Waals surface area contributed by atoms with Gasteiger partial charge in [0, 0.05) is 29.1 Å². The maximum atomic E-state index is 11.0. The lowest BCUT2D eigenvalue weighted by atomic mass is 9.89. The number of aryl methyl sites for hydroxylation is 1. The molecule has 28 heavy (non-hydrogen) atoms. The zero-order chi connectivity index (χ0) is 20.0. The van der Waals surface area contributed by atoms with E-state index < -0.39 is 30.3 Å². The smallest absolute Gasteiger partial charge is 0.143 e. The molecule has 0 amide bonds. The van der Waals surface area contributed by atoms with Crippen LogP contribution in [0.4, 0.5) is 0 Å². The van der Waals surface area contributed by atoms with Gasteiger partial charge in [0.15, 0.2) is 0 Å². The van der Waals surface area contributed by atoms with Gasteiger partial charge in [-0.25, -0.2) is 9.97 Å². The highest BCUT2D eigenvalue weighted by molar-refractivity contribution is 6.30. The molecule has 0 bridgehead atoms. The van der Waals surface area contributed by atoms with E-state index in [1.165, 1.54) is 6.33 Å². The van der Waals surface area contributed by atoms with Gasteiger partial charge in [0.1, 0.15) is 18.1 Å². The van der Waals surface area contributed by atoms with Gasteiger partial charge in [0.25, 0.3) is 0 Å². The molecule has 2 aromatic heterocycles. The van der Waals surface area contributed by atoms with Crippen molar-refractivity contribution < 1.29 is 15.3 Å². The molecule has 1 fully saturated rings. The molecular weight excluding hydrogens is 380 g/mol. The van der Waals surface area contributed by atoms with Crippen molar-refractivity contribution in [3.8, 4) is 0 Å². The molecule has 1 aliphatic carbocycles. The number of rotatable bonds is 4. The van der Waals surface area contributed by atoms with Gasteiger partial charge >= 0.3 is 0 Å². The monoisotopic (exact) mass is 402 g/mol. The van der Waals surface area contributed by atoms with E-state index in [9.17, 15) is 15.3 Å². The highest BCUT2D eigenvalue weighted by Crippen LogP contribution is 2.43. The first kappa shape index (κ1) is 19.3. The summed E-state index contributed by atoms with van der Waals surface area (Å²) in [5, 5.41) is 33.8. The van der Waals surface area contributed by atoms with Crippen LogP contribution in [0.1, 0.15) is 35.4 Å². The van der Waals surface area contributed by atoms with Gasteiger partial charge in [-0.05, 0) is 42.7 Å². The van der Waals surface area contributed by atoms with Crippen LogP contribution >= 0.6 is 11.6 Å². The van der Waals surface area contributed by atoms with Crippen molar-refractivity contribution in [1.29, 1.82) is 0 Å². The van der Waals surface area contributed by atoms with Crippen LogP contribution in [0.2, 0.25) is 5.02 Å². The Bertz CT molecular complexity index is 1010. The maximum absolute atomic E-state index is 11.0. The molecule has 7 nitrogen and oxygen atoms in total. The Morgan fingerprint density at radius 1 is 1.25 bits per heavy atom. The van der Waals surface area contributed by atoms with Crippen LogP contribution < -0.4 is 5.73 Å². The molecule has 1 aromatic carbocycles. The number of nitrogens with zero attached hydrogens (tertiary/aromatic N) is 3. The molecule has 0 aliphatic heterocycles. The number of halogens is 1. The Hall–Kier alpha value is -2.03. The fraction of sp³-hybridized carbons (Fsp3) is 0.400. The summed E-state index contributed by atoms with van der Waals surface area (Å²) in [5.74, 6) is -0.549. The Morgan fingerprint density at radius 3 is 2.79 bits per heavy atom. The summed E-state index contributed by atoms with van der Waals surface area (Å²) < 4.78 is 1.86. The average molecular weight is 403 g/mol. The lowest BCUT2D eigenvalue weighted by molar-refractivity contribution is -0.0266. The van der Waals surface area contributed by atoms with Gasteiger partial charge in [0.2, 0.25) is 0 Å². The second-order valence-electron chi connectivity index (χ2n) is 7.36. The van der Waals surface area contributed by atoms with Gasteiger partial charge < -0.3 is 25.6 Å². The third-order valence-electron chi connectivity index (χ3n) is 5.81. The van der Waals surface area contributed by atoms with Crippen LogP contribution in [0, 0.1) is 12.8 Å². The Balaban J connectivity index is 1.67. The second kappa shape index (κ2) is 7.42. The van der Waals surface area contributed by atoms with Crippen LogP contribution in [0.15, 0.2) is 36.8 Å². The van der Waals surface area contributed by atoms with E-state index in [4.69, 9.17) is 17.3 Å². The second-order valence-corrected chi connectivity index (χ2v) is 7.80. The van der Waals surface area contributed by atoms with Crippen LogP contribution in [0.5, 0.6) is 0 Å². The van der Waals surface area contributed by atoms with E-state index in [0.717, 1.165) is 16.6 Å². The standard InChI is InChI=1S/C20H23ClN4O3/c1-10-13-4-5-25(20(13)24-9-23-10)16-7-15(18(27)19(16)28)17(26)14-3-2-12(21)6-11(14)8-22/h2-6,9,15-19,26-28H,7-8,22H2,1H3/t15-,16?,17?,18-,19+/m1/s1. The lowest BCUT2D eigenvalue weighted by Crippen LogP contribution is -2.31. The normalized spacial score (nSPS) is 26.1. The van der Waals surface area contributed by atoms with Crippen molar-refractivity contribution in [2.75, 3.05) is 0 Å². The minimum atomic E-state index is -1.08. The summed E-state index contributed by atoms with van der Waals surface area (Å²) in [6.45, 7) is 2.12. The Labute approximate surface area is 167 Å². The molecule has 2 unspecified atom stereocenters. The first-order valence-electron chi connectivity index (χ1n) is 9.23. The van der Waals surface area contributed by atoms with Crippen molar-refractivity contribution in [3.63, 3.8) is 0 Å². The number of hydrogen-bond acceptors (Lipinski definition) is 6. The molecule has 4 rings (SSSR count). The molecule has 1 saturated carbocycles. The number of hydrogen-bond donors (Lipinski definition) is 4. The average Bonchev–Trinajstić information content (AvgIpc) is 3.24. The molecule has 3 aromatic rings. The predicted molar refractivity (Wildman–Crippen MR) is 106 cm³/mol. The minimum absolute atomic E-state index is 0.222. The molecule has 1 aliphatic rings. The van der Waals surface area contributed by atoms with E-state index >= 15 is 0 Å². The first-order valence-corrected chi connectivity index (χ1v) is 9.61. The van der Waals surface area contributed by atoms with Crippen molar-refractivity contribution in [1.82, 2.24) is 14.5 Å². The quantitative estimate of drug-likeness (QED) is 0.529. The van der Waals surface area contributed by atoms with E-state index in [0.29, 0.717) is 22.7 Å². The first-order chi connectivity index (χ1) is 13.4. The summed E-state index contributed by atoms with van der Waals surface area (Å²) in [7, 11) is 0. The van der Waals surface area contributed by atoms with Crippen molar-refractivity contribution in [2.45, 2.75) is 44.2 Å². The highest BCUT2D eigenvalue weighted by atomic mass is 35.5.